The molecule has 0 aromatic heterocycles. The van der Waals surface area contributed by atoms with E-state index < -0.39 is 0 Å². The van der Waals surface area contributed by atoms with Crippen molar-refractivity contribution in [2.45, 2.75) is 10.6 Å². The van der Waals surface area contributed by atoms with Crippen LogP contribution in [0.2, 0.25) is 10.0 Å². The third-order valence-corrected chi connectivity index (χ3v) is 4.46. The molecule has 0 bridgehead atoms. The summed E-state index contributed by atoms with van der Waals surface area (Å²) in [6.07, 6.45) is 0. The Hall–Kier alpha value is -1.18. The fourth-order valence-corrected chi connectivity index (χ4v) is 2.97. The van der Waals surface area contributed by atoms with E-state index in [0.29, 0.717) is 21.4 Å². The van der Waals surface area contributed by atoms with Crippen molar-refractivity contribution in [2.75, 3.05) is 6.54 Å². The van der Waals surface area contributed by atoms with Crippen molar-refractivity contribution in [1.82, 2.24) is 0 Å². The molecule has 0 unspecified atom stereocenters. The molecule has 0 heterocycles. The van der Waals surface area contributed by atoms with Gasteiger partial charge in [0.25, 0.3) is 0 Å². The second-order valence-electron chi connectivity index (χ2n) is 4.17. The molecule has 21 heavy (non-hydrogen) atoms. The molecule has 0 aliphatic carbocycles. The zero-order chi connectivity index (χ0) is 15.2. The van der Waals surface area contributed by atoms with Gasteiger partial charge in [-0.25, -0.2) is 4.39 Å². The molecule has 1 nitrogen and oxygen atoms in total. The zero-order valence-corrected chi connectivity index (χ0v) is 13.3. The van der Waals surface area contributed by atoms with Gasteiger partial charge in [0.1, 0.15) is 5.82 Å². The van der Waals surface area contributed by atoms with Gasteiger partial charge in [-0.05, 0) is 35.9 Å². The lowest BCUT2D eigenvalue weighted by Crippen LogP contribution is -1.95. The van der Waals surface area contributed by atoms with Crippen LogP contribution in [0.5, 0.6) is 0 Å². The maximum atomic E-state index is 13.3. The van der Waals surface area contributed by atoms with Crippen molar-refractivity contribution in [3.05, 3.63) is 63.4 Å². The fraction of sp³-hybridized carbons (Fsp3) is 0.125. The van der Waals surface area contributed by atoms with Crippen LogP contribution in [0, 0.1) is 17.7 Å². The Bertz CT molecular complexity index is 707. The SMILES string of the molecule is NCC#Cc1cc(F)ccc1CSc1ccc(Cl)c(Cl)c1. The van der Waals surface area contributed by atoms with Crippen LogP contribution >= 0.6 is 35.0 Å². The molecule has 0 atom stereocenters. The second kappa shape index (κ2) is 7.72. The van der Waals surface area contributed by atoms with E-state index in [1.807, 2.05) is 12.1 Å². The third-order valence-electron chi connectivity index (χ3n) is 2.68. The molecular formula is C16H12Cl2FNS. The van der Waals surface area contributed by atoms with Crippen LogP contribution in [0.3, 0.4) is 0 Å². The van der Waals surface area contributed by atoms with Gasteiger partial charge in [0.15, 0.2) is 0 Å². The Morgan fingerprint density at radius 3 is 2.62 bits per heavy atom. The number of hydrogen-bond acceptors (Lipinski definition) is 2. The van der Waals surface area contributed by atoms with Crippen LogP contribution in [0.15, 0.2) is 41.3 Å². The molecule has 5 heteroatoms. The summed E-state index contributed by atoms with van der Waals surface area (Å²) >= 11 is 13.5. The molecule has 2 aromatic rings. The molecule has 2 N–H and O–H groups in total. The van der Waals surface area contributed by atoms with E-state index in [4.69, 9.17) is 28.9 Å². The first-order chi connectivity index (χ1) is 10.1. The van der Waals surface area contributed by atoms with Crippen LogP contribution in [0.4, 0.5) is 4.39 Å². The van der Waals surface area contributed by atoms with Gasteiger partial charge in [-0.3, -0.25) is 0 Å². The van der Waals surface area contributed by atoms with Crippen molar-refractivity contribution in [3.8, 4) is 11.8 Å². The van der Waals surface area contributed by atoms with Gasteiger partial charge >= 0.3 is 0 Å². The fourth-order valence-electron chi connectivity index (χ4n) is 1.66. The van der Waals surface area contributed by atoms with Gasteiger partial charge in [-0.1, -0.05) is 41.1 Å². The minimum Gasteiger partial charge on any atom is -0.320 e. The molecule has 0 saturated carbocycles. The monoisotopic (exact) mass is 339 g/mol. The Morgan fingerprint density at radius 2 is 1.90 bits per heavy atom. The number of benzene rings is 2. The highest BCUT2D eigenvalue weighted by Gasteiger charge is 2.05. The summed E-state index contributed by atoms with van der Waals surface area (Å²) in [5.74, 6) is 6.00. The lowest BCUT2D eigenvalue weighted by Gasteiger charge is -2.06. The van der Waals surface area contributed by atoms with Crippen LogP contribution < -0.4 is 5.73 Å². The summed E-state index contributed by atoms with van der Waals surface area (Å²) in [5, 5.41) is 1.04. The van der Waals surface area contributed by atoms with E-state index in [0.717, 1.165) is 10.5 Å². The van der Waals surface area contributed by atoms with E-state index in [-0.39, 0.29) is 12.4 Å². The summed E-state index contributed by atoms with van der Waals surface area (Å²) in [7, 11) is 0. The van der Waals surface area contributed by atoms with Crippen LogP contribution in [0.25, 0.3) is 0 Å². The van der Waals surface area contributed by atoms with Crippen molar-refractivity contribution in [1.29, 1.82) is 0 Å². The lowest BCUT2D eigenvalue weighted by molar-refractivity contribution is 0.627. The normalized spacial score (nSPS) is 10.1. The van der Waals surface area contributed by atoms with Crippen LogP contribution in [-0.2, 0) is 5.75 Å². The average molecular weight is 340 g/mol. The summed E-state index contributed by atoms with van der Waals surface area (Å²) < 4.78 is 13.3. The van der Waals surface area contributed by atoms with Gasteiger partial charge in [-0.2, -0.15) is 0 Å². The maximum absolute atomic E-state index is 13.3. The Kier molecular flexibility index (Phi) is 5.96. The highest BCUT2D eigenvalue weighted by Crippen LogP contribution is 2.30. The predicted molar refractivity (Wildman–Crippen MR) is 88.4 cm³/mol. The molecule has 0 amide bonds. The highest BCUT2D eigenvalue weighted by molar-refractivity contribution is 7.98. The third kappa shape index (κ3) is 4.66. The number of halogens is 3. The van der Waals surface area contributed by atoms with E-state index in [2.05, 4.69) is 11.8 Å². The lowest BCUT2D eigenvalue weighted by atomic mass is 10.1. The average Bonchev–Trinajstić information content (AvgIpc) is 2.47. The van der Waals surface area contributed by atoms with Gasteiger partial charge in [-0.15, -0.1) is 11.8 Å². The Labute approximate surface area is 137 Å². The zero-order valence-electron chi connectivity index (χ0n) is 11.0. The predicted octanol–water partition coefficient (Wildman–Crippen LogP) is 4.74. The quantitative estimate of drug-likeness (QED) is 0.645. The summed E-state index contributed by atoms with van der Waals surface area (Å²) in [6.45, 7) is 0.246. The van der Waals surface area contributed by atoms with E-state index in [9.17, 15) is 4.39 Å². The summed E-state index contributed by atoms with van der Waals surface area (Å²) in [6, 6.07) is 10.1. The van der Waals surface area contributed by atoms with E-state index >= 15 is 0 Å². The highest BCUT2D eigenvalue weighted by atomic mass is 35.5. The van der Waals surface area contributed by atoms with Crippen LogP contribution in [0.1, 0.15) is 11.1 Å². The topological polar surface area (TPSA) is 26.0 Å². The molecular weight excluding hydrogens is 328 g/mol. The van der Waals surface area contributed by atoms with Gasteiger partial charge in [0.05, 0.1) is 16.6 Å². The first-order valence-corrected chi connectivity index (χ1v) is 7.89. The van der Waals surface area contributed by atoms with Crippen molar-refractivity contribution < 1.29 is 4.39 Å². The second-order valence-corrected chi connectivity index (χ2v) is 6.04. The number of rotatable bonds is 3. The Balaban J connectivity index is 2.17. The first kappa shape index (κ1) is 16.2. The maximum Gasteiger partial charge on any atom is 0.124 e. The van der Waals surface area contributed by atoms with Crippen molar-refractivity contribution in [3.63, 3.8) is 0 Å². The minimum atomic E-state index is -0.306. The minimum absolute atomic E-state index is 0.246. The van der Waals surface area contributed by atoms with Gasteiger partial charge in [0, 0.05) is 16.2 Å². The molecule has 0 aliphatic rings. The number of thioether (sulfide) groups is 1. The molecule has 108 valence electrons. The standard InChI is InChI=1S/C16H12Cl2FNS/c17-15-6-5-14(9-16(15)18)21-10-12-3-4-13(19)8-11(12)2-1-7-20/h3-6,8-9H,7,10,20H2. The van der Waals surface area contributed by atoms with E-state index in [1.54, 1.807) is 23.9 Å². The first-order valence-electron chi connectivity index (χ1n) is 6.15. The largest absolute Gasteiger partial charge is 0.320 e. The molecule has 0 aliphatic heterocycles. The molecule has 0 spiro atoms. The number of hydrogen-bond donors (Lipinski definition) is 1. The van der Waals surface area contributed by atoms with Gasteiger partial charge in [0.2, 0.25) is 0 Å². The molecule has 0 radical (unpaired) electrons. The number of nitrogens with two attached hydrogens (primary N) is 1. The molecule has 2 rings (SSSR count). The molecule has 2 aromatic carbocycles. The summed E-state index contributed by atoms with van der Waals surface area (Å²) in [4.78, 5) is 0.992. The van der Waals surface area contributed by atoms with Crippen molar-refractivity contribution in [2.24, 2.45) is 5.73 Å². The molecule has 0 saturated heterocycles. The van der Waals surface area contributed by atoms with Crippen LogP contribution in [-0.4, -0.2) is 6.54 Å². The van der Waals surface area contributed by atoms with Crippen molar-refractivity contribution >= 4 is 35.0 Å². The Morgan fingerprint density at radius 1 is 1.10 bits per heavy atom. The van der Waals surface area contributed by atoms with E-state index in [1.165, 1.54) is 12.1 Å². The molecule has 0 fully saturated rings. The summed E-state index contributed by atoms with van der Waals surface area (Å²) in [5.41, 5.74) is 6.97. The smallest absolute Gasteiger partial charge is 0.124 e. The van der Waals surface area contributed by atoms with Gasteiger partial charge < -0.3 is 5.73 Å².